The predicted octanol–water partition coefficient (Wildman–Crippen LogP) is 6.53. The minimum atomic E-state index is 0.129. The number of ketones is 1. The molecule has 0 saturated carbocycles. The zero-order valence-corrected chi connectivity index (χ0v) is 19.7. The number of Topliss-reactive ketones (excluding diaryl/α,β-unsaturated/α-hetero) is 1. The van der Waals surface area contributed by atoms with Crippen molar-refractivity contribution in [2.45, 2.75) is 45.6 Å². The maximum Gasteiger partial charge on any atom is 0.165 e. The molecule has 0 aliphatic carbocycles. The minimum absolute atomic E-state index is 0.129. The largest absolute Gasteiger partial charge is 0.338 e. The van der Waals surface area contributed by atoms with E-state index in [0.29, 0.717) is 29.9 Å². The van der Waals surface area contributed by atoms with Crippen molar-refractivity contribution < 1.29 is 4.79 Å². The van der Waals surface area contributed by atoms with Crippen molar-refractivity contribution in [2.24, 2.45) is 0 Å². The van der Waals surface area contributed by atoms with E-state index in [2.05, 4.69) is 55.3 Å². The number of halogens is 1. The highest BCUT2D eigenvalue weighted by Gasteiger charge is 2.16. The van der Waals surface area contributed by atoms with Crippen LogP contribution in [0.3, 0.4) is 0 Å². The lowest BCUT2D eigenvalue weighted by Crippen LogP contribution is -2.06. The quantitative estimate of drug-likeness (QED) is 0.201. The van der Waals surface area contributed by atoms with E-state index in [1.165, 1.54) is 11.9 Å². The number of nitrogens with one attached hydrogen (secondary N) is 1. The summed E-state index contributed by atoms with van der Waals surface area (Å²) in [6.07, 6.45) is 8.12. The number of carbonyl (C=O) groups excluding carboxylic acids is 1. The second-order valence-electron chi connectivity index (χ2n) is 7.80. The smallest absolute Gasteiger partial charge is 0.165 e. The van der Waals surface area contributed by atoms with Gasteiger partial charge in [-0.25, -0.2) is 15.0 Å². The number of anilines is 2. The van der Waals surface area contributed by atoms with Gasteiger partial charge in [-0.3, -0.25) is 4.79 Å². The standard InChI is InChI=1S/C25H26BrN5O/c1-2-3-4-8-11-22(32)20-14-19(26)12-13-21(20)30-24-23-25(28-16-27-24)31(17-29-23)15-18-9-6-5-7-10-18/h5-7,9-10,12-14,16-17H,2-4,8,11,15H2,1H3,(H,27,28,30). The SMILES string of the molecule is CCCCCCC(=O)c1cc(Br)ccc1Nc1ncnc2c1ncn2Cc1ccccc1. The molecule has 164 valence electrons. The number of imidazole rings is 1. The predicted molar refractivity (Wildman–Crippen MR) is 131 cm³/mol. The van der Waals surface area contributed by atoms with Crippen LogP contribution in [0.5, 0.6) is 0 Å². The van der Waals surface area contributed by atoms with Crippen LogP contribution in [0, 0.1) is 0 Å². The van der Waals surface area contributed by atoms with Gasteiger partial charge >= 0.3 is 0 Å². The first-order valence-electron chi connectivity index (χ1n) is 10.9. The van der Waals surface area contributed by atoms with Crippen LogP contribution in [-0.2, 0) is 6.54 Å². The monoisotopic (exact) mass is 491 g/mol. The molecule has 0 saturated heterocycles. The van der Waals surface area contributed by atoms with Crippen molar-refractivity contribution >= 4 is 44.4 Å². The van der Waals surface area contributed by atoms with Gasteiger partial charge in [-0.2, -0.15) is 0 Å². The van der Waals surface area contributed by atoms with Gasteiger partial charge in [0.25, 0.3) is 0 Å². The molecule has 2 heterocycles. The van der Waals surface area contributed by atoms with Crippen LogP contribution in [-0.4, -0.2) is 25.3 Å². The zero-order valence-electron chi connectivity index (χ0n) is 18.1. The molecule has 0 spiro atoms. The van der Waals surface area contributed by atoms with Gasteiger partial charge in [0.15, 0.2) is 22.8 Å². The highest BCUT2D eigenvalue weighted by molar-refractivity contribution is 9.10. The molecule has 0 aliphatic rings. The molecule has 6 nitrogen and oxygen atoms in total. The lowest BCUT2D eigenvalue weighted by molar-refractivity contribution is 0.0980. The number of nitrogens with zero attached hydrogens (tertiary/aromatic N) is 4. The molecule has 4 rings (SSSR count). The van der Waals surface area contributed by atoms with Crippen LogP contribution in [0.1, 0.15) is 54.9 Å². The summed E-state index contributed by atoms with van der Waals surface area (Å²) in [5.41, 5.74) is 3.98. The first-order valence-corrected chi connectivity index (χ1v) is 11.7. The van der Waals surface area contributed by atoms with Crippen LogP contribution < -0.4 is 5.32 Å². The summed E-state index contributed by atoms with van der Waals surface area (Å²) in [6, 6.07) is 15.9. The first-order chi connectivity index (χ1) is 15.7. The highest BCUT2D eigenvalue weighted by Crippen LogP contribution is 2.28. The van der Waals surface area contributed by atoms with Crippen molar-refractivity contribution in [2.75, 3.05) is 5.32 Å². The zero-order chi connectivity index (χ0) is 22.3. The number of carbonyl (C=O) groups is 1. The Morgan fingerprint density at radius 2 is 1.88 bits per heavy atom. The highest BCUT2D eigenvalue weighted by atomic mass is 79.9. The van der Waals surface area contributed by atoms with Gasteiger partial charge in [0, 0.05) is 16.5 Å². The summed E-state index contributed by atoms with van der Waals surface area (Å²) in [5, 5.41) is 3.33. The van der Waals surface area contributed by atoms with Gasteiger partial charge in [-0.15, -0.1) is 0 Å². The van der Waals surface area contributed by atoms with E-state index in [9.17, 15) is 4.79 Å². The van der Waals surface area contributed by atoms with Gasteiger partial charge in [-0.1, -0.05) is 72.4 Å². The Morgan fingerprint density at radius 3 is 2.69 bits per heavy atom. The number of rotatable bonds is 10. The Kier molecular flexibility index (Phi) is 7.27. The third-order valence-electron chi connectivity index (χ3n) is 5.39. The van der Waals surface area contributed by atoms with E-state index in [1.807, 2.05) is 41.0 Å². The number of aromatic nitrogens is 4. The molecule has 2 aromatic carbocycles. The molecule has 0 aliphatic heterocycles. The Balaban J connectivity index is 1.59. The normalized spacial score (nSPS) is 11.1. The van der Waals surface area contributed by atoms with Crippen molar-refractivity contribution in [1.82, 2.24) is 19.5 Å². The van der Waals surface area contributed by atoms with Crippen molar-refractivity contribution in [3.63, 3.8) is 0 Å². The van der Waals surface area contributed by atoms with Gasteiger partial charge in [0.2, 0.25) is 0 Å². The number of unbranched alkanes of at least 4 members (excludes halogenated alkanes) is 3. The molecule has 0 amide bonds. The Morgan fingerprint density at radius 1 is 1.03 bits per heavy atom. The van der Waals surface area contributed by atoms with Crippen molar-refractivity contribution in [1.29, 1.82) is 0 Å². The maximum atomic E-state index is 12.9. The Labute approximate surface area is 196 Å². The number of hydrogen-bond donors (Lipinski definition) is 1. The van der Waals surface area contributed by atoms with Crippen LogP contribution in [0.25, 0.3) is 11.2 Å². The fourth-order valence-corrected chi connectivity index (χ4v) is 4.06. The molecule has 1 N–H and O–H groups in total. The second-order valence-corrected chi connectivity index (χ2v) is 8.72. The molecule has 7 heteroatoms. The minimum Gasteiger partial charge on any atom is -0.338 e. The van der Waals surface area contributed by atoms with Crippen molar-refractivity contribution in [3.8, 4) is 0 Å². The maximum absolute atomic E-state index is 12.9. The van der Waals surface area contributed by atoms with Crippen molar-refractivity contribution in [3.05, 3.63) is 76.8 Å². The third-order valence-corrected chi connectivity index (χ3v) is 5.88. The average Bonchev–Trinajstić information content (AvgIpc) is 3.22. The number of hydrogen-bond acceptors (Lipinski definition) is 5. The van der Waals surface area contributed by atoms with Crippen LogP contribution in [0.4, 0.5) is 11.5 Å². The molecule has 0 radical (unpaired) electrons. The summed E-state index contributed by atoms with van der Waals surface area (Å²) < 4.78 is 2.87. The third kappa shape index (κ3) is 5.22. The van der Waals surface area contributed by atoms with E-state index >= 15 is 0 Å². The Hall–Kier alpha value is -3.06. The molecule has 4 aromatic rings. The van der Waals surface area contributed by atoms with Gasteiger partial charge in [0.1, 0.15) is 6.33 Å². The molecule has 0 bridgehead atoms. The topological polar surface area (TPSA) is 72.7 Å². The van der Waals surface area contributed by atoms with E-state index in [1.54, 1.807) is 6.33 Å². The first kappa shape index (κ1) is 22.1. The fourth-order valence-electron chi connectivity index (χ4n) is 3.70. The summed E-state index contributed by atoms with van der Waals surface area (Å²) in [6.45, 7) is 2.84. The summed E-state index contributed by atoms with van der Waals surface area (Å²) in [7, 11) is 0. The van der Waals surface area contributed by atoms with Crippen LogP contribution in [0.15, 0.2) is 65.7 Å². The molecule has 2 aromatic heterocycles. The lowest BCUT2D eigenvalue weighted by Gasteiger charge is -2.12. The molecule has 0 unspecified atom stereocenters. The van der Waals surface area contributed by atoms with Crippen LogP contribution in [0.2, 0.25) is 0 Å². The molecule has 32 heavy (non-hydrogen) atoms. The van der Waals surface area contributed by atoms with E-state index in [-0.39, 0.29) is 5.78 Å². The van der Waals surface area contributed by atoms with E-state index in [4.69, 9.17) is 0 Å². The summed E-state index contributed by atoms with van der Waals surface area (Å²) >= 11 is 3.50. The Bertz CT molecular complexity index is 1210. The van der Waals surface area contributed by atoms with Gasteiger partial charge in [0.05, 0.1) is 18.6 Å². The average molecular weight is 492 g/mol. The molecular formula is C25H26BrN5O. The lowest BCUT2D eigenvalue weighted by atomic mass is 10.0. The molecule has 0 fully saturated rings. The molecular weight excluding hydrogens is 466 g/mol. The molecule has 0 atom stereocenters. The fraction of sp³-hybridized carbons (Fsp3) is 0.280. The van der Waals surface area contributed by atoms with E-state index in [0.717, 1.165) is 41.5 Å². The van der Waals surface area contributed by atoms with Gasteiger partial charge < -0.3 is 9.88 Å². The van der Waals surface area contributed by atoms with E-state index < -0.39 is 0 Å². The summed E-state index contributed by atoms with van der Waals surface area (Å²) in [4.78, 5) is 26.3. The second kappa shape index (κ2) is 10.5. The number of benzene rings is 2. The summed E-state index contributed by atoms with van der Waals surface area (Å²) in [5.74, 6) is 0.717. The van der Waals surface area contributed by atoms with Gasteiger partial charge in [-0.05, 0) is 30.2 Å². The number of fused-ring (bicyclic) bond motifs is 1. The van der Waals surface area contributed by atoms with Crippen LogP contribution >= 0.6 is 15.9 Å².